The van der Waals surface area contributed by atoms with Crippen LogP contribution in [0.5, 0.6) is 0 Å². The maximum Gasteiger partial charge on any atom is 0.406 e. The number of hydrogen-bond acceptors (Lipinski definition) is 4. The molecule has 0 aliphatic carbocycles. The molecule has 22 heavy (non-hydrogen) atoms. The van der Waals surface area contributed by atoms with Gasteiger partial charge >= 0.3 is 6.18 Å². The first-order valence-electron chi connectivity index (χ1n) is 7.41. The smallest absolute Gasteiger partial charge is 0.383 e. The zero-order chi connectivity index (χ0) is 16.2. The zero-order valence-electron chi connectivity index (χ0n) is 13.0. The third-order valence-electron chi connectivity index (χ3n) is 3.95. The third-order valence-corrected chi connectivity index (χ3v) is 3.95. The van der Waals surface area contributed by atoms with Crippen molar-refractivity contribution in [1.82, 2.24) is 19.4 Å². The number of nitrogens with zero attached hydrogens (tertiary/aromatic N) is 4. The van der Waals surface area contributed by atoms with E-state index in [4.69, 9.17) is 4.74 Å². The molecule has 0 N–H and O–H groups in total. The molecule has 1 aromatic rings. The van der Waals surface area contributed by atoms with Crippen LogP contribution in [-0.2, 0) is 17.8 Å². The number of rotatable bonds is 6. The third kappa shape index (κ3) is 4.96. The van der Waals surface area contributed by atoms with Gasteiger partial charge in [-0.2, -0.15) is 13.2 Å². The van der Waals surface area contributed by atoms with E-state index in [1.807, 2.05) is 0 Å². The summed E-state index contributed by atoms with van der Waals surface area (Å²) in [5.74, 6) is 0.467. The first-order valence-corrected chi connectivity index (χ1v) is 7.41. The van der Waals surface area contributed by atoms with Crippen molar-refractivity contribution >= 4 is 0 Å². The molecule has 2 rings (SSSR count). The molecule has 1 fully saturated rings. The summed E-state index contributed by atoms with van der Waals surface area (Å²) in [6.07, 6.45) is -1.40. The summed E-state index contributed by atoms with van der Waals surface area (Å²) < 4.78 is 43.9. The monoisotopic (exact) mass is 320 g/mol. The number of imidazole rings is 1. The van der Waals surface area contributed by atoms with Gasteiger partial charge in [0.1, 0.15) is 12.4 Å². The molecule has 0 saturated carbocycles. The molecule has 8 heteroatoms. The maximum absolute atomic E-state index is 12.5. The number of hydrogen-bond donors (Lipinski definition) is 0. The Hall–Kier alpha value is -1.12. The Bertz CT molecular complexity index is 463. The van der Waals surface area contributed by atoms with Crippen LogP contribution in [-0.4, -0.2) is 71.5 Å². The van der Waals surface area contributed by atoms with Gasteiger partial charge in [0.15, 0.2) is 0 Å². The van der Waals surface area contributed by atoms with Crippen LogP contribution in [0.25, 0.3) is 0 Å². The average Bonchev–Trinajstić information content (AvgIpc) is 2.83. The van der Waals surface area contributed by atoms with E-state index >= 15 is 0 Å². The average molecular weight is 320 g/mol. The van der Waals surface area contributed by atoms with E-state index in [-0.39, 0.29) is 0 Å². The van der Waals surface area contributed by atoms with Crippen molar-refractivity contribution in [1.29, 1.82) is 0 Å². The summed E-state index contributed by atoms with van der Waals surface area (Å²) in [6.45, 7) is 5.72. The summed E-state index contributed by atoms with van der Waals surface area (Å²) in [5, 5.41) is 0. The molecule has 1 aromatic heterocycles. The standard InChI is InChI=1S/C14H23F3N4O/c1-12-9-19(5-6-20(12)7-8-22-2)10-13-18-3-4-21(13)11-14(15,16)17/h3-4,12H,5-11H2,1-2H3/t12-/m1/s1. The molecule has 1 saturated heterocycles. The van der Waals surface area contributed by atoms with E-state index in [2.05, 4.69) is 21.7 Å². The molecular formula is C14H23F3N4O. The van der Waals surface area contributed by atoms with Crippen LogP contribution in [0.3, 0.4) is 0 Å². The summed E-state index contributed by atoms with van der Waals surface area (Å²) in [6, 6.07) is 0.356. The van der Waals surface area contributed by atoms with E-state index in [1.165, 1.54) is 17.0 Å². The van der Waals surface area contributed by atoms with Crippen LogP contribution in [0, 0.1) is 0 Å². The Morgan fingerprint density at radius 3 is 2.77 bits per heavy atom. The lowest BCUT2D eigenvalue weighted by atomic mass is 10.2. The van der Waals surface area contributed by atoms with Gasteiger partial charge in [0.05, 0.1) is 13.2 Å². The van der Waals surface area contributed by atoms with Crippen molar-refractivity contribution in [3.05, 3.63) is 18.2 Å². The maximum atomic E-state index is 12.5. The van der Waals surface area contributed by atoms with E-state index in [0.717, 1.165) is 26.2 Å². The lowest BCUT2D eigenvalue weighted by Gasteiger charge is -2.39. The minimum Gasteiger partial charge on any atom is -0.383 e. The summed E-state index contributed by atoms with van der Waals surface area (Å²) in [4.78, 5) is 8.57. The van der Waals surface area contributed by atoms with Gasteiger partial charge in [0.2, 0.25) is 0 Å². The van der Waals surface area contributed by atoms with Gasteiger partial charge in [-0.3, -0.25) is 9.80 Å². The molecule has 0 aromatic carbocycles. The Morgan fingerprint density at radius 2 is 2.14 bits per heavy atom. The Labute approximate surface area is 128 Å². The van der Waals surface area contributed by atoms with Gasteiger partial charge in [-0.25, -0.2) is 4.98 Å². The molecule has 1 atom stereocenters. The number of halogens is 3. The summed E-state index contributed by atoms with van der Waals surface area (Å²) >= 11 is 0. The van der Waals surface area contributed by atoms with Gasteiger partial charge in [-0.05, 0) is 6.92 Å². The highest BCUT2D eigenvalue weighted by molar-refractivity contribution is 4.94. The second kappa shape index (κ2) is 7.43. The highest BCUT2D eigenvalue weighted by atomic mass is 19.4. The number of methoxy groups -OCH3 is 1. The largest absolute Gasteiger partial charge is 0.406 e. The molecule has 0 spiro atoms. The fourth-order valence-electron chi connectivity index (χ4n) is 2.78. The van der Waals surface area contributed by atoms with Gasteiger partial charge in [-0.1, -0.05) is 0 Å². The highest BCUT2D eigenvalue weighted by Crippen LogP contribution is 2.19. The van der Waals surface area contributed by atoms with E-state index in [1.54, 1.807) is 7.11 Å². The Kier molecular flexibility index (Phi) is 5.82. The molecule has 0 radical (unpaired) electrons. The molecular weight excluding hydrogens is 297 g/mol. The van der Waals surface area contributed by atoms with Crippen LogP contribution >= 0.6 is 0 Å². The van der Waals surface area contributed by atoms with Gasteiger partial charge in [0.25, 0.3) is 0 Å². The van der Waals surface area contributed by atoms with Gasteiger partial charge in [0, 0.05) is 51.7 Å². The van der Waals surface area contributed by atoms with Crippen LogP contribution < -0.4 is 0 Å². The second-order valence-corrected chi connectivity index (χ2v) is 5.70. The first-order chi connectivity index (χ1) is 10.4. The Balaban J connectivity index is 1.89. The molecule has 126 valence electrons. The fourth-order valence-corrected chi connectivity index (χ4v) is 2.78. The normalized spacial score (nSPS) is 21.4. The van der Waals surface area contributed by atoms with Crippen LogP contribution in [0.15, 0.2) is 12.4 Å². The first kappa shape index (κ1) is 17.2. The lowest BCUT2D eigenvalue weighted by molar-refractivity contribution is -0.141. The number of alkyl halides is 3. The lowest BCUT2D eigenvalue weighted by Crippen LogP contribution is -2.52. The minimum atomic E-state index is -4.22. The van der Waals surface area contributed by atoms with Crippen molar-refractivity contribution < 1.29 is 17.9 Å². The highest BCUT2D eigenvalue weighted by Gasteiger charge is 2.30. The SMILES string of the molecule is COCCN1CCN(Cc2nccn2CC(F)(F)F)C[C@H]1C. The van der Waals surface area contributed by atoms with Crippen molar-refractivity contribution in [2.24, 2.45) is 0 Å². The van der Waals surface area contributed by atoms with Crippen LogP contribution in [0.4, 0.5) is 13.2 Å². The molecule has 2 heterocycles. The molecule has 5 nitrogen and oxygen atoms in total. The van der Waals surface area contributed by atoms with Crippen molar-refractivity contribution in [3.63, 3.8) is 0 Å². The summed E-state index contributed by atoms with van der Waals surface area (Å²) in [5.41, 5.74) is 0. The van der Waals surface area contributed by atoms with Crippen LogP contribution in [0.1, 0.15) is 12.7 Å². The minimum absolute atomic E-state index is 0.356. The molecule has 0 unspecified atom stereocenters. The zero-order valence-corrected chi connectivity index (χ0v) is 13.0. The van der Waals surface area contributed by atoms with Crippen molar-refractivity contribution in [3.8, 4) is 0 Å². The predicted molar refractivity (Wildman–Crippen MR) is 76.5 cm³/mol. The van der Waals surface area contributed by atoms with Crippen LogP contribution in [0.2, 0.25) is 0 Å². The van der Waals surface area contributed by atoms with Crippen molar-refractivity contribution in [2.45, 2.75) is 32.2 Å². The second-order valence-electron chi connectivity index (χ2n) is 5.70. The van der Waals surface area contributed by atoms with Crippen molar-refractivity contribution in [2.75, 3.05) is 39.9 Å². The fraction of sp³-hybridized carbons (Fsp3) is 0.786. The number of ether oxygens (including phenoxy) is 1. The molecule has 0 amide bonds. The van der Waals surface area contributed by atoms with E-state index in [9.17, 15) is 13.2 Å². The topological polar surface area (TPSA) is 33.5 Å². The van der Waals surface area contributed by atoms with E-state index in [0.29, 0.717) is 25.0 Å². The quantitative estimate of drug-likeness (QED) is 0.797. The molecule has 1 aliphatic rings. The predicted octanol–water partition coefficient (Wildman–Crippen LogP) is 1.60. The summed E-state index contributed by atoms with van der Waals surface area (Å²) in [7, 11) is 1.68. The van der Waals surface area contributed by atoms with Gasteiger partial charge < -0.3 is 9.30 Å². The number of aromatic nitrogens is 2. The number of piperazine rings is 1. The van der Waals surface area contributed by atoms with Gasteiger partial charge in [-0.15, -0.1) is 0 Å². The van der Waals surface area contributed by atoms with E-state index < -0.39 is 12.7 Å². The Morgan fingerprint density at radius 1 is 1.36 bits per heavy atom. The molecule has 1 aliphatic heterocycles. The molecule has 0 bridgehead atoms.